The van der Waals surface area contributed by atoms with Gasteiger partial charge >= 0.3 is 11.7 Å². The van der Waals surface area contributed by atoms with Crippen LogP contribution in [0.15, 0.2) is 4.79 Å². The zero-order valence-electron chi connectivity index (χ0n) is 12.8. The van der Waals surface area contributed by atoms with Crippen LogP contribution in [-0.2, 0) is 11.2 Å². The first kappa shape index (κ1) is 15.5. The molecule has 1 saturated heterocycles. The standard InChI is InChI=1S/C14H22N4O3/c1-10-12(4-5-13(19)20)11(2)18(14(21)15-10)17-8-6-16(3)7-9-17/h4-9H2,1-3H3,(H,19,20). The maximum Gasteiger partial charge on any atom is 0.366 e. The van der Waals surface area contributed by atoms with Gasteiger partial charge in [-0.1, -0.05) is 0 Å². The number of nitrogens with zero attached hydrogens (tertiary/aromatic N) is 4. The molecule has 2 rings (SSSR count). The van der Waals surface area contributed by atoms with Crippen molar-refractivity contribution in [3.63, 3.8) is 0 Å². The highest BCUT2D eigenvalue weighted by Crippen LogP contribution is 2.13. The maximum atomic E-state index is 12.2. The van der Waals surface area contributed by atoms with Gasteiger partial charge in [0.25, 0.3) is 0 Å². The van der Waals surface area contributed by atoms with E-state index in [9.17, 15) is 9.59 Å². The van der Waals surface area contributed by atoms with E-state index in [2.05, 4.69) is 16.9 Å². The zero-order chi connectivity index (χ0) is 15.6. The first-order valence-corrected chi connectivity index (χ1v) is 7.15. The fourth-order valence-electron chi connectivity index (χ4n) is 2.71. The molecule has 1 aliphatic heterocycles. The van der Waals surface area contributed by atoms with Gasteiger partial charge in [0, 0.05) is 44.0 Å². The molecule has 1 aliphatic rings. The summed E-state index contributed by atoms with van der Waals surface area (Å²) in [6.07, 6.45) is 0.443. The number of likely N-dealkylation sites (N-methyl/N-ethyl adjacent to an activating group) is 1. The third-order valence-electron chi connectivity index (χ3n) is 3.99. The summed E-state index contributed by atoms with van der Waals surface area (Å²) in [4.78, 5) is 29.3. The van der Waals surface area contributed by atoms with Crippen molar-refractivity contribution in [3.05, 3.63) is 27.4 Å². The summed E-state index contributed by atoms with van der Waals surface area (Å²) in [7, 11) is 2.05. The van der Waals surface area contributed by atoms with Crippen molar-refractivity contribution in [2.75, 3.05) is 38.2 Å². The number of carboxylic acid groups (broad SMARTS) is 1. The minimum absolute atomic E-state index is 0.0459. The lowest BCUT2D eigenvalue weighted by atomic mass is 10.1. The lowest BCUT2D eigenvalue weighted by Crippen LogP contribution is -2.54. The first-order chi connectivity index (χ1) is 9.90. The van der Waals surface area contributed by atoms with E-state index in [-0.39, 0.29) is 12.1 Å². The molecule has 0 aromatic carbocycles. The largest absolute Gasteiger partial charge is 0.481 e. The molecule has 1 aromatic rings. The van der Waals surface area contributed by atoms with Gasteiger partial charge in [0.15, 0.2) is 0 Å². The number of hydrogen-bond acceptors (Lipinski definition) is 5. The van der Waals surface area contributed by atoms with Gasteiger partial charge in [-0.15, -0.1) is 0 Å². The fourth-order valence-corrected chi connectivity index (χ4v) is 2.71. The van der Waals surface area contributed by atoms with Crippen LogP contribution in [0.3, 0.4) is 0 Å². The van der Waals surface area contributed by atoms with Crippen LogP contribution >= 0.6 is 0 Å². The van der Waals surface area contributed by atoms with Crippen molar-refractivity contribution in [2.24, 2.45) is 0 Å². The molecule has 7 heteroatoms. The van der Waals surface area contributed by atoms with Gasteiger partial charge in [-0.2, -0.15) is 4.98 Å². The van der Waals surface area contributed by atoms with E-state index >= 15 is 0 Å². The summed E-state index contributed by atoms with van der Waals surface area (Å²) in [6, 6.07) is 0. The van der Waals surface area contributed by atoms with Crippen molar-refractivity contribution in [1.82, 2.24) is 14.6 Å². The number of hydrogen-bond donors (Lipinski definition) is 1. The molecular formula is C14H22N4O3. The normalized spacial score (nSPS) is 16.2. The van der Waals surface area contributed by atoms with Crippen LogP contribution in [0.5, 0.6) is 0 Å². The second-order valence-corrected chi connectivity index (χ2v) is 5.51. The number of piperazine rings is 1. The summed E-state index contributed by atoms with van der Waals surface area (Å²) in [5.74, 6) is -0.842. The maximum absolute atomic E-state index is 12.2. The van der Waals surface area contributed by atoms with E-state index in [1.807, 2.05) is 11.9 Å². The monoisotopic (exact) mass is 294 g/mol. The summed E-state index contributed by atoms with van der Waals surface area (Å²) in [5, 5.41) is 10.8. The van der Waals surface area contributed by atoms with E-state index < -0.39 is 5.97 Å². The van der Waals surface area contributed by atoms with Crippen molar-refractivity contribution in [1.29, 1.82) is 0 Å². The SMILES string of the molecule is Cc1nc(=O)n(N2CCN(C)CC2)c(C)c1CCC(=O)O. The van der Waals surface area contributed by atoms with Crippen LogP contribution in [0.25, 0.3) is 0 Å². The Bertz CT molecular complexity index is 589. The van der Waals surface area contributed by atoms with Crippen LogP contribution in [0.1, 0.15) is 23.4 Å². The summed E-state index contributed by atoms with van der Waals surface area (Å²) >= 11 is 0. The summed E-state index contributed by atoms with van der Waals surface area (Å²) < 4.78 is 1.61. The zero-order valence-corrected chi connectivity index (χ0v) is 12.8. The smallest absolute Gasteiger partial charge is 0.366 e. The Morgan fingerprint density at radius 1 is 1.24 bits per heavy atom. The number of aliphatic carboxylic acids is 1. The lowest BCUT2D eigenvalue weighted by molar-refractivity contribution is -0.136. The average Bonchev–Trinajstić information content (AvgIpc) is 2.40. The molecule has 1 N–H and O–H groups in total. The van der Waals surface area contributed by atoms with E-state index in [0.717, 1.165) is 37.4 Å². The predicted molar refractivity (Wildman–Crippen MR) is 79.4 cm³/mol. The van der Waals surface area contributed by atoms with E-state index in [1.165, 1.54) is 0 Å². The van der Waals surface area contributed by atoms with E-state index in [4.69, 9.17) is 5.11 Å². The van der Waals surface area contributed by atoms with Crippen molar-refractivity contribution < 1.29 is 9.90 Å². The molecule has 0 radical (unpaired) electrons. The Labute approximate surface area is 123 Å². The number of aromatic nitrogens is 2. The van der Waals surface area contributed by atoms with Crippen molar-refractivity contribution >= 4 is 5.97 Å². The molecule has 0 bridgehead atoms. The Morgan fingerprint density at radius 2 is 1.86 bits per heavy atom. The molecule has 21 heavy (non-hydrogen) atoms. The van der Waals surface area contributed by atoms with Gasteiger partial charge in [0.1, 0.15) is 0 Å². The molecule has 7 nitrogen and oxygen atoms in total. The highest BCUT2D eigenvalue weighted by Gasteiger charge is 2.20. The van der Waals surface area contributed by atoms with Gasteiger partial charge in [0.05, 0.1) is 0 Å². The topological polar surface area (TPSA) is 78.7 Å². The molecule has 1 aromatic heterocycles. The minimum atomic E-state index is -0.842. The Hall–Kier alpha value is -1.89. The first-order valence-electron chi connectivity index (χ1n) is 7.15. The van der Waals surface area contributed by atoms with Gasteiger partial charge in [0.2, 0.25) is 0 Å². The molecular weight excluding hydrogens is 272 g/mol. The number of aryl methyl sites for hydroxylation is 1. The second-order valence-electron chi connectivity index (χ2n) is 5.51. The molecule has 1 fully saturated rings. The highest BCUT2D eigenvalue weighted by atomic mass is 16.4. The summed E-state index contributed by atoms with van der Waals surface area (Å²) in [5.41, 5.74) is 2.01. The van der Waals surface area contributed by atoms with E-state index in [1.54, 1.807) is 11.6 Å². The molecule has 0 saturated carbocycles. The molecule has 0 spiro atoms. The number of carboxylic acids is 1. The van der Waals surface area contributed by atoms with Crippen LogP contribution in [0, 0.1) is 13.8 Å². The number of rotatable bonds is 4. The minimum Gasteiger partial charge on any atom is -0.481 e. The van der Waals surface area contributed by atoms with Crippen LogP contribution in [0.4, 0.5) is 0 Å². The van der Waals surface area contributed by atoms with Gasteiger partial charge in [-0.05, 0) is 32.9 Å². The quantitative estimate of drug-likeness (QED) is 0.826. The average molecular weight is 294 g/mol. The third kappa shape index (κ3) is 3.41. The van der Waals surface area contributed by atoms with Gasteiger partial charge < -0.3 is 15.0 Å². The van der Waals surface area contributed by atoms with Crippen LogP contribution in [-0.4, -0.2) is 58.9 Å². The molecule has 0 aliphatic carbocycles. The Morgan fingerprint density at radius 3 is 2.43 bits per heavy atom. The summed E-state index contributed by atoms with van der Waals surface area (Å²) in [6.45, 7) is 6.95. The van der Waals surface area contributed by atoms with Crippen LogP contribution < -0.4 is 10.7 Å². The predicted octanol–water partition coefficient (Wildman–Crippen LogP) is -0.239. The van der Waals surface area contributed by atoms with E-state index in [0.29, 0.717) is 12.1 Å². The molecule has 0 atom stereocenters. The number of carbonyl (C=O) groups is 1. The lowest BCUT2D eigenvalue weighted by Gasteiger charge is -2.36. The fraction of sp³-hybridized carbons (Fsp3) is 0.643. The third-order valence-corrected chi connectivity index (χ3v) is 3.99. The van der Waals surface area contributed by atoms with Gasteiger partial charge in [-0.25, -0.2) is 9.47 Å². The molecule has 0 amide bonds. The molecule has 0 unspecified atom stereocenters. The van der Waals surface area contributed by atoms with Crippen molar-refractivity contribution in [2.45, 2.75) is 26.7 Å². The second kappa shape index (κ2) is 6.26. The van der Waals surface area contributed by atoms with Crippen molar-refractivity contribution in [3.8, 4) is 0 Å². The molecule has 2 heterocycles. The Kier molecular flexibility index (Phi) is 4.62. The van der Waals surface area contributed by atoms with Crippen LogP contribution in [0.2, 0.25) is 0 Å². The Balaban J connectivity index is 2.34. The van der Waals surface area contributed by atoms with Gasteiger partial charge in [-0.3, -0.25) is 4.79 Å². The molecule has 116 valence electrons. The highest BCUT2D eigenvalue weighted by molar-refractivity contribution is 5.67.